The summed E-state index contributed by atoms with van der Waals surface area (Å²) in [4.78, 5) is 0. The van der Waals surface area contributed by atoms with Crippen molar-refractivity contribution in [2.24, 2.45) is 0 Å². The average molecular weight is 271 g/mol. The van der Waals surface area contributed by atoms with Crippen molar-refractivity contribution in [1.29, 1.82) is 0 Å². The number of rotatable bonds is 3. The first-order chi connectivity index (χ1) is 7.37. The Hall–Kier alpha value is -0.0862. The second-order valence-electron chi connectivity index (χ2n) is 7.27. The third-order valence-electron chi connectivity index (χ3n) is 3.08. The average Bonchev–Trinajstić information content (AvgIpc) is 2.76. The van der Waals surface area contributed by atoms with Crippen LogP contribution in [0.25, 0.3) is 0 Å². The molecule has 2 nitrogen and oxygen atoms in total. The summed E-state index contributed by atoms with van der Waals surface area (Å²) in [5.41, 5.74) is -0.205. The van der Waals surface area contributed by atoms with E-state index in [9.17, 15) is 0 Å². The zero-order valence-electron chi connectivity index (χ0n) is 12.5. The highest BCUT2D eigenvalue weighted by Crippen LogP contribution is 2.30. The summed E-state index contributed by atoms with van der Waals surface area (Å²) < 4.78 is 11.7. The van der Waals surface area contributed by atoms with Crippen LogP contribution in [0.5, 0.6) is 0 Å². The van der Waals surface area contributed by atoms with Crippen molar-refractivity contribution in [3.8, 4) is 11.8 Å². The first-order valence-electron chi connectivity index (χ1n) is 6.25. The molecule has 2 atom stereocenters. The fraction of sp³-hybridized carbons (Fsp3) is 0.846. The molecule has 1 aliphatic rings. The maximum absolute atomic E-state index is 6.38. The second kappa shape index (κ2) is 4.23. The standard InChI is InChI=1S/C13H26O2Si2/c1-12(11-14-12)9-10-13(2,16(3,4)5)15-17(6,7)8/h11H2,1-8H3. The first kappa shape index (κ1) is 15.0. The van der Waals surface area contributed by atoms with Crippen molar-refractivity contribution in [2.75, 3.05) is 6.61 Å². The highest BCUT2D eigenvalue weighted by Gasteiger charge is 2.44. The van der Waals surface area contributed by atoms with Gasteiger partial charge in [0, 0.05) is 0 Å². The summed E-state index contributed by atoms with van der Waals surface area (Å²) in [6.45, 7) is 18.6. The molecular weight excluding hydrogens is 244 g/mol. The largest absolute Gasteiger partial charge is 0.405 e. The Morgan fingerprint density at radius 1 is 1.18 bits per heavy atom. The summed E-state index contributed by atoms with van der Waals surface area (Å²) in [5, 5.41) is -0.271. The zero-order valence-corrected chi connectivity index (χ0v) is 14.5. The van der Waals surface area contributed by atoms with Crippen LogP contribution in [0.1, 0.15) is 13.8 Å². The van der Waals surface area contributed by atoms with Gasteiger partial charge in [-0.2, -0.15) is 0 Å². The molecule has 0 amide bonds. The molecule has 0 saturated carbocycles. The number of ether oxygens (including phenoxy) is 1. The van der Waals surface area contributed by atoms with Crippen LogP contribution in [0.2, 0.25) is 39.3 Å². The maximum atomic E-state index is 6.38. The molecule has 98 valence electrons. The van der Waals surface area contributed by atoms with E-state index >= 15 is 0 Å². The highest BCUT2D eigenvalue weighted by atomic mass is 28.4. The lowest BCUT2D eigenvalue weighted by Crippen LogP contribution is -2.55. The van der Waals surface area contributed by atoms with Gasteiger partial charge in [-0.05, 0) is 33.5 Å². The van der Waals surface area contributed by atoms with E-state index in [4.69, 9.17) is 9.16 Å². The minimum Gasteiger partial charge on any atom is -0.405 e. The second-order valence-corrected chi connectivity index (χ2v) is 17.2. The van der Waals surface area contributed by atoms with Gasteiger partial charge in [0.15, 0.2) is 8.32 Å². The molecule has 1 saturated heterocycles. The summed E-state index contributed by atoms with van der Waals surface area (Å²) in [5.74, 6) is 6.66. The summed E-state index contributed by atoms with van der Waals surface area (Å²) in [6, 6.07) is 0. The lowest BCUT2D eigenvalue weighted by atomic mass is 10.2. The van der Waals surface area contributed by atoms with Gasteiger partial charge in [0.25, 0.3) is 0 Å². The van der Waals surface area contributed by atoms with E-state index in [-0.39, 0.29) is 10.8 Å². The maximum Gasteiger partial charge on any atom is 0.185 e. The lowest BCUT2D eigenvalue weighted by molar-refractivity contribution is 0.216. The number of hydrogen-bond donors (Lipinski definition) is 0. The van der Waals surface area contributed by atoms with Crippen molar-refractivity contribution < 1.29 is 9.16 Å². The first-order valence-corrected chi connectivity index (χ1v) is 13.2. The quantitative estimate of drug-likeness (QED) is 0.446. The molecule has 0 aromatic carbocycles. The fourth-order valence-corrected chi connectivity index (χ4v) is 5.27. The van der Waals surface area contributed by atoms with Gasteiger partial charge in [-0.25, -0.2) is 0 Å². The van der Waals surface area contributed by atoms with Crippen molar-refractivity contribution in [3.05, 3.63) is 0 Å². The van der Waals surface area contributed by atoms with Gasteiger partial charge in [0.05, 0.1) is 14.7 Å². The molecule has 0 spiro atoms. The summed E-state index contributed by atoms with van der Waals surface area (Å²) >= 11 is 0. The van der Waals surface area contributed by atoms with Crippen LogP contribution in [-0.4, -0.2) is 33.8 Å². The van der Waals surface area contributed by atoms with Gasteiger partial charge in [0.2, 0.25) is 0 Å². The highest BCUT2D eigenvalue weighted by molar-refractivity contribution is 6.81. The third-order valence-corrected chi connectivity index (χ3v) is 7.40. The molecule has 1 heterocycles. The molecule has 17 heavy (non-hydrogen) atoms. The van der Waals surface area contributed by atoms with E-state index in [2.05, 4.69) is 58.0 Å². The normalized spacial score (nSPS) is 28.0. The topological polar surface area (TPSA) is 21.8 Å². The van der Waals surface area contributed by atoms with Crippen LogP contribution in [0, 0.1) is 11.8 Å². The molecule has 1 rings (SSSR count). The Morgan fingerprint density at radius 2 is 1.65 bits per heavy atom. The van der Waals surface area contributed by atoms with Gasteiger partial charge >= 0.3 is 0 Å². The SMILES string of the molecule is CC1(C#CC(C)(O[Si](C)(C)C)[Si](C)(C)C)CO1. The van der Waals surface area contributed by atoms with E-state index in [0.717, 1.165) is 6.61 Å². The van der Waals surface area contributed by atoms with Gasteiger partial charge < -0.3 is 9.16 Å². The van der Waals surface area contributed by atoms with Gasteiger partial charge in [-0.15, -0.1) is 0 Å². The van der Waals surface area contributed by atoms with E-state index in [1.165, 1.54) is 0 Å². The fourth-order valence-electron chi connectivity index (χ4n) is 1.41. The van der Waals surface area contributed by atoms with Crippen LogP contribution < -0.4 is 0 Å². The van der Waals surface area contributed by atoms with Crippen LogP contribution in [-0.2, 0) is 9.16 Å². The Labute approximate surface area is 108 Å². The Morgan fingerprint density at radius 3 is 1.94 bits per heavy atom. The molecule has 2 unspecified atom stereocenters. The predicted molar refractivity (Wildman–Crippen MR) is 78.3 cm³/mol. The molecule has 0 radical (unpaired) electrons. The summed E-state index contributed by atoms with van der Waals surface area (Å²) in [7, 11) is -3.10. The molecule has 1 aliphatic heterocycles. The van der Waals surface area contributed by atoms with E-state index < -0.39 is 16.4 Å². The van der Waals surface area contributed by atoms with E-state index in [0.29, 0.717) is 0 Å². The summed E-state index contributed by atoms with van der Waals surface area (Å²) in [6.07, 6.45) is 0. The van der Waals surface area contributed by atoms with Crippen LogP contribution in [0.4, 0.5) is 0 Å². The smallest absolute Gasteiger partial charge is 0.185 e. The van der Waals surface area contributed by atoms with Gasteiger partial charge in [0.1, 0.15) is 10.8 Å². The number of hydrogen-bond acceptors (Lipinski definition) is 2. The van der Waals surface area contributed by atoms with Crippen molar-refractivity contribution >= 4 is 16.4 Å². The molecular formula is C13H26O2Si2. The van der Waals surface area contributed by atoms with E-state index in [1.54, 1.807) is 0 Å². The lowest BCUT2D eigenvalue weighted by Gasteiger charge is -2.41. The van der Waals surface area contributed by atoms with Crippen molar-refractivity contribution in [2.45, 2.75) is 64.0 Å². The molecule has 1 fully saturated rings. The number of epoxide rings is 1. The Bertz CT molecular complexity index is 350. The minimum atomic E-state index is -1.59. The van der Waals surface area contributed by atoms with Crippen molar-refractivity contribution in [3.63, 3.8) is 0 Å². The van der Waals surface area contributed by atoms with Crippen molar-refractivity contribution in [1.82, 2.24) is 0 Å². The molecule has 0 bridgehead atoms. The molecule has 0 aromatic heterocycles. The Kier molecular flexibility index (Phi) is 3.73. The van der Waals surface area contributed by atoms with Gasteiger partial charge in [-0.3, -0.25) is 0 Å². The van der Waals surface area contributed by atoms with Crippen LogP contribution in [0.15, 0.2) is 0 Å². The molecule has 0 aliphatic carbocycles. The van der Waals surface area contributed by atoms with Crippen LogP contribution >= 0.6 is 0 Å². The molecule has 4 heteroatoms. The van der Waals surface area contributed by atoms with Crippen LogP contribution in [0.3, 0.4) is 0 Å². The Balaban J connectivity index is 2.97. The van der Waals surface area contributed by atoms with E-state index in [1.807, 2.05) is 6.92 Å². The zero-order chi connectivity index (χ0) is 13.5. The predicted octanol–water partition coefficient (Wildman–Crippen LogP) is 3.27. The third kappa shape index (κ3) is 4.25. The molecule has 0 aromatic rings. The van der Waals surface area contributed by atoms with Gasteiger partial charge in [-0.1, -0.05) is 31.5 Å². The monoisotopic (exact) mass is 270 g/mol. The molecule has 0 N–H and O–H groups in total. The minimum absolute atomic E-state index is 0.205.